The van der Waals surface area contributed by atoms with E-state index in [-0.39, 0.29) is 29.7 Å². The average Bonchev–Trinajstić information content (AvgIpc) is 3.22. The summed E-state index contributed by atoms with van der Waals surface area (Å²) in [5.41, 5.74) is 3.30. The van der Waals surface area contributed by atoms with Crippen molar-refractivity contribution in [3.8, 4) is 0 Å². The predicted octanol–water partition coefficient (Wildman–Crippen LogP) is 3.31. The minimum atomic E-state index is -0.0907. The maximum atomic E-state index is 13.4. The number of nitrogens with zero attached hydrogens (tertiary/aromatic N) is 3. The zero-order valence-corrected chi connectivity index (χ0v) is 16.3. The Bertz CT molecular complexity index is 865. The SMILES string of the molecule is C[C@H]1CC(C)(C)N2CC[C@H](C(=O)N3Cc4cc5ccccc5nc4C3)[C@@H]2O1. The summed E-state index contributed by atoms with van der Waals surface area (Å²) in [4.78, 5) is 22.5. The Kier molecular flexibility index (Phi) is 3.82. The van der Waals surface area contributed by atoms with E-state index < -0.39 is 0 Å². The number of carbonyl (C=O) groups is 1. The van der Waals surface area contributed by atoms with Crippen LogP contribution in [0.4, 0.5) is 0 Å². The fourth-order valence-electron chi connectivity index (χ4n) is 5.24. The zero-order valence-electron chi connectivity index (χ0n) is 16.3. The fourth-order valence-corrected chi connectivity index (χ4v) is 5.24. The van der Waals surface area contributed by atoms with Crippen molar-refractivity contribution in [2.75, 3.05) is 6.54 Å². The molecule has 4 heterocycles. The monoisotopic (exact) mass is 365 g/mol. The third-order valence-electron chi connectivity index (χ3n) is 6.49. The van der Waals surface area contributed by atoms with E-state index in [1.54, 1.807) is 0 Å². The molecule has 2 aromatic rings. The standard InChI is InChI=1S/C22H27N3O2/c1-14-11-22(2,3)25-9-8-17(21(25)27-14)20(26)24-12-16-10-15-6-4-5-7-18(15)23-19(16)13-24/h4-7,10,14,17,21H,8-9,11-13H2,1-3H3/t14-,17+,21-/m0/s1. The molecule has 27 heavy (non-hydrogen) atoms. The van der Waals surface area contributed by atoms with Gasteiger partial charge in [0.1, 0.15) is 6.23 Å². The summed E-state index contributed by atoms with van der Waals surface area (Å²) in [6.07, 6.45) is 1.99. The van der Waals surface area contributed by atoms with Crippen LogP contribution in [-0.4, -0.2) is 45.1 Å². The molecule has 0 bridgehead atoms. The zero-order chi connectivity index (χ0) is 18.8. The minimum absolute atomic E-state index is 0.0734. The van der Waals surface area contributed by atoms with Gasteiger partial charge in [-0.25, -0.2) is 0 Å². The second-order valence-electron chi connectivity index (χ2n) is 8.92. The van der Waals surface area contributed by atoms with Crippen molar-refractivity contribution in [1.82, 2.24) is 14.8 Å². The summed E-state index contributed by atoms with van der Waals surface area (Å²) in [6.45, 7) is 8.87. The number of para-hydroxylation sites is 1. The Hall–Kier alpha value is -1.98. The molecule has 3 aliphatic heterocycles. The second kappa shape index (κ2) is 6.01. The highest BCUT2D eigenvalue weighted by atomic mass is 16.5. The Balaban J connectivity index is 1.38. The number of ether oxygens (including phenoxy) is 1. The van der Waals surface area contributed by atoms with E-state index >= 15 is 0 Å². The lowest BCUT2D eigenvalue weighted by Crippen LogP contribution is -2.57. The van der Waals surface area contributed by atoms with E-state index in [1.165, 1.54) is 5.56 Å². The molecule has 1 amide bonds. The summed E-state index contributed by atoms with van der Waals surface area (Å²) >= 11 is 0. The lowest BCUT2D eigenvalue weighted by Gasteiger charge is -2.47. The molecule has 5 rings (SSSR count). The Morgan fingerprint density at radius 3 is 2.93 bits per heavy atom. The van der Waals surface area contributed by atoms with Crippen molar-refractivity contribution >= 4 is 16.8 Å². The Morgan fingerprint density at radius 1 is 1.26 bits per heavy atom. The Morgan fingerprint density at radius 2 is 2.07 bits per heavy atom. The topological polar surface area (TPSA) is 45.7 Å². The molecule has 1 aromatic carbocycles. The van der Waals surface area contributed by atoms with E-state index in [0.29, 0.717) is 13.1 Å². The fraction of sp³-hybridized carbons (Fsp3) is 0.545. The van der Waals surface area contributed by atoms with E-state index in [1.807, 2.05) is 23.1 Å². The highest BCUT2D eigenvalue weighted by Gasteiger charge is 2.50. The maximum Gasteiger partial charge on any atom is 0.230 e. The highest BCUT2D eigenvalue weighted by Crippen LogP contribution is 2.41. The number of amides is 1. The van der Waals surface area contributed by atoms with Crippen molar-refractivity contribution in [2.24, 2.45) is 5.92 Å². The van der Waals surface area contributed by atoms with Gasteiger partial charge in [0.25, 0.3) is 0 Å². The number of fused-ring (bicyclic) bond motifs is 3. The van der Waals surface area contributed by atoms with Crippen LogP contribution < -0.4 is 0 Å². The summed E-state index contributed by atoms with van der Waals surface area (Å²) in [5.74, 6) is 0.144. The first-order chi connectivity index (χ1) is 12.9. The smallest absolute Gasteiger partial charge is 0.230 e. The van der Waals surface area contributed by atoms with Crippen molar-refractivity contribution in [2.45, 2.75) is 64.6 Å². The van der Waals surface area contributed by atoms with Crippen LogP contribution in [0, 0.1) is 5.92 Å². The van der Waals surface area contributed by atoms with Gasteiger partial charge in [-0.3, -0.25) is 14.7 Å². The summed E-state index contributed by atoms with van der Waals surface area (Å²) < 4.78 is 6.24. The molecule has 3 atom stereocenters. The van der Waals surface area contributed by atoms with Crippen molar-refractivity contribution in [1.29, 1.82) is 0 Å². The largest absolute Gasteiger partial charge is 0.359 e. The van der Waals surface area contributed by atoms with Gasteiger partial charge in [-0.15, -0.1) is 0 Å². The first-order valence-electron chi connectivity index (χ1n) is 10.0. The highest BCUT2D eigenvalue weighted by molar-refractivity contribution is 5.82. The van der Waals surface area contributed by atoms with E-state index in [0.717, 1.165) is 36.0 Å². The normalized spacial score (nSPS) is 29.7. The second-order valence-corrected chi connectivity index (χ2v) is 8.92. The number of hydrogen-bond acceptors (Lipinski definition) is 4. The molecule has 3 aliphatic rings. The van der Waals surface area contributed by atoms with Crippen LogP contribution in [0.2, 0.25) is 0 Å². The minimum Gasteiger partial charge on any atom is -0.359 e. The van der Waals surface area contributed by atoms with Crippen molar-refractivity contribution < 1.29 is 9.53 Å². The summed E-state index contributed by atoms with van der Waals surface area (Å²) in [5, 5.41) is 1.14. The summed E-state index contributed by atoms with van der Waals surface area (Å²) in [6, 6.07) is 10.4. The van der Waals surface area contributed by atoms with E-state index in [4.69, 9.17) is 9.72 Å². The first kappa shape index (κ1) is 17.1. The number of carbonyl (C=O) groups excluding carboxylic acids is 1. The van der Waals surface area contributed by atoms with Crippen LogP contribution in [0.1, 0.15) is 44.9 Å². The molecule has 0 saturated carbocycles. The Labute approximate surface area is 160 Å². The third-order valence-corrected chi connectivity index (χ3v) is 6.49. The van der Waals surface area contributed by atoms with Gasteiger partial charge in [0.15, 0.2) is 0 Å². The van der Waals surface area contributed by atoms with Gasteiger partial charge >= 0.3 is 0 Å². The van der Waals surface area contributed by atoms with Crippen LogP contribution >= 0.6 is 0 Å². The quantitative estimate of drug-likeness (QED) is 0.778. The number of pyridine rings is 1. The number of benzene rings is 1. The predicted molar refractivity (Wildman–Crippen MR) is 104 cm³/mol. The molecule has 0 aliphatic carbocycles. The molecule has 5 nitrogen and oxygen atoms in total. The molecule has 142 valence electrons. The molecule has 1 aromatic heterocycles. The number of hydrogen-bond donors (Lipinski definition) is 0. The van der Waals surface area contributed by atoms with Gasteiger partial charge in [-0.1, -0.05) is 18.2 Å². The number of rotatable bonds is 1. The number of aromatic nitrogens is 1. The van der Waals surface area contributed by atoms with E-state index in [9.17, 15) is 4.79 Å². The van der Waals surface area contributed by atoms with E-state index in [2.05, 4.69) is 37.8 Å². The van der Waals surface area contributed by atoms with Crippen LogP contribution in [-0.2, 0) is 22.6 Å². The van der Waals surface area contributed by atoms with Gasteiger partial charge in [-0.2, -0.15) is 0 Å². The summed E-state index contributed by atoms with van der Waals surface area (Å²) in [7, 11) is 0. The first-order valence-corrected chi connectivity index (χ1v) is 10.0. The molecule has 2 fully saturated rings. The average molecular weight is 365 g/mol. The maximum absolute atomic E-state index is 13.4. The molecular formula is C22H27N3O2. The van der Waals surface area contributed by atoms with Crippen LogP contribution in [0.15, 0.2) is 30.3 Å². The molecular weight excluding hydrogens is 338 g/mol. The van der Waals surface area contributed by atoms with Gasteiger partial charge < -0.3 is 9.64 Å². The van der Waals surface area contributed by atoms with Gasteiger partial charge in [0.05, 0.1) is 29.8 Å². The molecule has 0 radical (unpaired) electrons. The van der Waals surface area contributed by atoms with Gasteiger partial charge in [-0.05, 0) is 51.3 Å². The van der Waals surface area contributed by atoms with Crippen LogP contribution in [0.25, 0.3) is 10.9 Å². The van der Waals surface area contributed by atoms with Gasteiger partial charge in [0, 0.05) is 24.0 Å². The van der Waals surface area contributed by atoms with Crippen molar-refractivity contribution in [3.05, 3.63) is 41.6 Å². The lowest BCUT2D eigenvalue weighted by atomic mass is 9.92. The molecule has 0 spiro atoms. The van der Waals surface area contributed by atoms with Crippen LogP contribution in [0.5, 0.6) is 0 Å². The molecule has 0 N–H and O–H groups in total. The van der Waals surface area contributed by atoms with Crippen molar-refractivity contribution in [3.63, 3.8) is 0 Å². The van der Waals surface area contributed by atoms with Gasteiger partial charge in [0.2, 0.25) is 5.91 Å². The molecule has 2 saturated heterocycles. The van der Waals surface area contributed by atoms with Crippen LogP contribution in [0.3, 0.4) is 0 Å². The third kappa shape index (κ3) is 2.75. The lowest BCUT2D eigenvalue weighted by molar-refractivity contribution is -0.184. The molecule has 0 unspecified atom stereocenters. The molecule has 5 heteroatoms.